The lowest BCUT2D eigenvalue weighted by Gasteiger charge is -1.95. The van der Waals surface area contributed by atoms with Crippen LogP contribution in [0.15, 0.2) is 29.4 Å². The summed E-state index contributed by atoms with van der Waals surface area (Å²) in [5.74, 6) is 4.66. The summed E-state index contributed by atoms with van der Waals surface area (Å²) in [7, 11) is 0. The predicted octanol–water partition coefficient (Wildman–Crippen LogP) is 1.31. The van der Waals surface area contributed by atoms with Crippen molar-refractivity contribution in [3.05, 3.63) is 35.6 Å². The number of hydrogen-bond donors (Lipinski definition) is 1. The maximum absolute atomic E-state index is 12.8. The summed E-state index contributed by atoms with van der Waals surface area (Å²) in [6.07, 6.45) is 1.92. The molecule has 0 aliphatic carbocycles. The SMILES string of the molecule is N/N=C/Cc1ccccc1F. The maximum Gasteiger partial charge on any atom is 0.126 e. The van der Waals surface area contributed by atoms with E-state index < -0.39 is 0 Å². The number of nitrogens with two attached hydrogens (primary N) is 1. The van der Waals surface area contributed by atoms with E-state index in [1.165, 1.54) is 12.3 Å². The molecule has 0 atom stereocenters. The molecule has 0 fully saturated rings. The van der Waals surface area contributed by atoms with Gasteiger partial charge in [-0.05, 0) is 11.6 Å². The minimum atomic E-state index is -0.215. The quantitative estimate of drug-likeness (QED) is 0.387. The fourth-order valence-corrected chi connectivity index (χ4v) is 0.815. The van der Waals surface area contributed by atoms with Crippen LogP contribution in [0.5, 0.6) is 0 Å². The third-order valence-corrected chi connectivity index (χ3v) is 1.37. The van der Waals surface area contributed by atoms with Gasteiger partial charge in [0.2, 0.25) is 0 Å². The number of nitrogens with zero attached hydrogens (tertiary/aromatic N) is 1. The number of hydrazone groups is 1. The van der Waals surface area contributed by atoms with E-state index in [1.54, 1.807) is 18.2 Å². The second-order valence-corrected chi connectivity index (χ2v) is 2.13. The van der Waals surface area contributed by atoms with Gasteiger partial charge in [0.05, 0.1) is 0 Å². The summed E-state index contributed by atoms with van der Waals surface area (Å²) in [6, 6.07) is 6.55. The summed E-state index contributed by atoms with van der Waals surface area (Å²) in [6.45, 7) is 0. The molecule has 0 radical (unpaired) electrons. The molecule has 2 nitrogen and oxygen atoms in total. The monoisotopic (exact) mass is 152 g/mol. The summed E-state index contributed by atoms with van der Waals surface area (Å²) >= 11 is 0. The summed E-state index contributed by atoms with van der Waals surface area (Å²) in [4.78, 5) is 0. The van der Waals surface area contributed by atoms with Gasteiger partial charge in [-0.2, -0.15) is 5.10 Å². The molecule has 0 aromatic heterocycles. The molecule has 0 heterocycles. The zero-order valence-electron chi connectivity index (χ0n) is 6.00. The van der Waals surface area contributed by atoms with Crippen LogP contribution in [0.2, 0.25) is 0 Å². The van der Waals surface area contributed by atoms with Crippen molar-refractivity contribution < 1.29 is 4.39 Å². The Morgan fingerprint density at radius 2 is 2.18 bits per heavy atom. The first-order chi connectivity index (χ1) is 5.34. The minimum absolute atomic E-state index is 0.215. The Bertz CT molecular complexity index is 258. The van der Waals surface area contributed by atoms with Gasteiger partial charge in [0, 0.05) is 12.6 Å². The van der Waals surface area contributed by atoms with Crippen LogP contribution in [0.1, 0.15) is 5.56 Å². The van der Waals surface area contributed by atoms with Crippen molar-refractivity contribution in [2.75, 3.05) is 0 Å². The van der Waals surface area contributed by atoms with Gasteiger partial charge in [0.15, 0.2) is 0 Å². The fraction of sp³-hybridized carbons (Fsp3) is 0.125. The molecule has 0 saturated carbocycles. The Balaban J connectivity index is 2.77. The first-order valence-electron chi connectivity index (χ1n) is 3.29. The highest BCUT2D eigenvalue weighted by molar-refractivity contribution is 5.60. The number of benzene rings is 1. The van der Waals surface area contributed by atoms with E-state index >= 15 is 0 Å². The maximum atomic E-state index is 12.8. The smallest absolute Gasteiger partial charge is 0.126 e. The Hall–Kier alpha value is -1.38. The lowest BCUT2D eigenvalue weighted by molar-refractivity contribution is 0.616. The molecule has 1 aromatic rings. The van der Waals surface area contributed by atoms with Crippen LogP contribution in [0.25, 0.3) is 0 Å². The normalized spacial score (nSPS) is 10.6. The van der Waals surface area contributed by atoms with Gasteiger partial charge in [-0.3, -0.25) is 0 Å². The van der Waals surface area contributed by atoms with Crippen LogP contribution in [0.3, 0.4) is 0 Å². The van der Waals surface area contributed by atoms with Gasteiger partial charge in [0.25, 0.3) is 0 Å². The van der Waals surface area contributed by atoms with Gasteiger partial charge in [0.1, 0.15) is 5.82 Å². The summed E-state index contributed by atoms with van der Waals surface area (Å²) in [5.41, 5.74) is 0.613. The van der Waals surface area contributed by atoms with Gasteiger partial charge >= 0.3 is 0 Å². The molecule has 0 amide bonds. The van der Waals surface area contributed by atoms with E-state index in [0.29, 0.717) is 12.0 Å². The number of hydrogen-bond acceptors (Lipinski definition) is 2. The van der Waals surface area contributed by atoms with Crippen LogP contribution in [-0.4, -0.2) is 6.21 Å². The van der Waals surface area contributed by atoms with Crippen molar-refractivity contribution in [2.24, 2.45) is 10.9 Å². The molecular formula is C8H9FN2. The van der Waals surface area contributed by atoms with Gasteiger partial charge < -0.3 is 5.84 Å². The summed E-state index contributed by atoms with van der Waals surface area (Å²) < 4.78 is 12.8. The molecule has 0 unspecified atom stereocenters. The molecule has 3 heteroatoms. The Morgan fingerprint density at radius 1 is 1.45 bits per heavy atom. The third kappa shape index (κ3) is 2.04. The van der Waals surface area contributed by atoms with Gasteiger partial charge in [-0.1, -0.05) is 18.2 Å². The van der Waals surface area contributed by atoms with E-state index in [1.807, 2.05) is 0 Å². The van der Waals surface area contributed by atoms with Crippen molar-refractivity contribution in [3.8, 4) is 0 Å². The fourth-order valence-electron chi connectivity index (χ4n) is 0.815. The zero-order valence-corrected chi connectivity index (χ0v) is 6.00. The van der Waals surface area contributed by atoms with E-state index in [9.17, 15) is 4.39 Å². The van der Waals surface area contributed by atoms with Crippen molar-refractivity contribution in [3.63, 3.8) is 0 Å². The molecule has 0 bridgehead atoms. The van der Waals surface area contributed by atoms with Gasteiger partial charge in [-0.25, -0.2) is 4.39 Å². The molecule has 11 heavy (non-hydrogen) atoms. The standard InChI is InChI=1S/C8H9FN2/c9-8-4-2-1-3-7(8)5-6-11-10/h1-4,6H,5,10H2/b11-6+. The molecular weight excluding hydrogens is 143 g/mol. The number of rotatable bonds is 2. The van der Waals surface area contributed by atoms with Crippen LogP contribution in [-0.2, 0) is 6.42 Å². The van der Waals surface area contributed by atoms with E-state index in [4.69, 9.17) is 5.84 Å². The average molecular weight is 152 g/mol. The van der Waals surface area contributed by atoms with Crippen molar-refractivity contribution in [1.29, 1.82) is 0 Å². The van der Waals surface area contributed by atoms with Crippen LogP contribution < -0.4 is 5.84 Å². The van der Waals surface area contributed by atoms with Crippen LogP contribution in [0, 0.1) is 5.82 Å². The topological polar surface area (TPSA) is 38.4 Å². The Kier molecular flexibility index (Phi) is 2.60. The first-order valence-corrected chi connectivity index (χ1v) is 3.29. The molecule has 0 aliphatic heterocycles. The minimum Gasteiger partial charge on any atom is -0.324 e. The summed E-state index contributed by atoms with van der Waals surface area (Å²) in [5, 5.41) is 3.28. The second-order valence-electron chi connectivity index (χ2n) is 2.13. The highest BCUT2D eigenvalue weighted by Crippen LogP contribution is 2.05. The molecule has 0 spiro atoms. The molecule has 1 aromatic carbocycles. The highest BCUT2D eigenvalue weighted by Gasteiger charge is 1.96. The lowest BCUT2D eigenvalue weighted by atomic mass is 10.1. The Labute approximate surface area is 64.5 Å². The van der Waals surface area contributed by atoms with Crippen LogP contribution in [0.4, 0.5) is 4.39 Å². The zero-order chi connectivity index (χ0) is 8.10. The van der Waals surface area contributed by atoms with E-state index in [0.717, 1.165) is 0 Å². The van der Waals surface area contributed by atoms with Crippen molar-refractivity contribution in [1.82, 2.24) is 0 Å². The molecule has 58 valence electrons. The predicted molar refractivity (Wildman–Crippen MR) is 42.8 cm³/mol. The lowest BCUT2D eigenvalue weighted by Crippen LogP contribution is -1.92. The highest BCUT2D eigenvalue weighted by atomic mass is 19.1. The number of halogens is 1. The second kappa shape index (κ2) is 3.71. The largest absolute Gasteiger partial charge is 0.324 e. The van der Waals surface area contributed by atoms with Crippen molar-refractivity contribution in [2.45, 2.75) is 6.42 Å². The van der Waals surface area contributed by atoms with E-state index in [2.05, 4.69) is 5.10 Å². The third-order valence-electron chi connectivity index (χ3n) is 1.37. The molecule has 0 aliphatic rings. The molecule has 2 N–H and O–H groups in total. The Morgan fingerprint density at radius 3 is 2.82 bits per heavy atom. The van der Waals surface area contributed by atoms with Crippen LogP contribution >= 0.6 is 0 Å². The molecule has 0 saturated heterocycles. The van der Waals surface area contributed by atoms with E-state index in [-0.39, 0.29) is 5.82 Å². The average Bonchev–Trinajstić information content (AvgIpc) is 2.03. The van der Waals surface area contributed by atoms with Gasteiger partial charge in [-0.15, -0.1) is 0 Å². The first kappa shape index (κ1) is 7.72. The molecule has 1 rings (SSSR count). The van der Waals surface area contributed by atoms with Crippen molar-refractivity contribution >= 4 is 6.21 Å².